The molecular weight excluding hydrogens is 1040 g/mol. The first-order valence-corrected chi connectivity index (χ1v) is 20.7. The number of nitrogens with one attached hydrogen (secondary N) is 2. The van der Waals surface area contributed by atoms with Gasteiger partial charge in [0.25, 0.3) is 5.69 Å². The number of hydrogen-bond donors (Lipinski definition) is 7. The lowest BCUT2D eigenvalue weighted by Crippen LogP contribution is -2.08. The summed E-state index contributed by atoms with van der Waals surface area (Å²) < 4.78 is 80.2. The number of aromatic nitrogens is 4. The van der Waals surface area contributed by atoms with Crippen LogP contribution in [0.3, 0.4) is 0 Å². The van der Waals surface area contributed by atoms with Crippen LogP contribution in [0.2, 0.25) is 25.1 Å². The van der Waals surface area contributed by atoms with E-state index in [9.17, 15) is 51.4 Å². The zero-order valence-electron chi connectivity index (χ0n) is 34.6. The van der Waals surface area contributed by atoms with Gasteiger partial charge in [-0.15, -0.1) is 0 Å². The number of anilines is 3. The number of nitrogens with zero attached hydrogens (tertiary/aromatic N) is 6. The summed E-state index contributed by atoms with van der Waals surface area (Å²) in [6.07, 6.45) is 2.86. The molecule has 8 N–H and O–H groups in total. The lowest BCUT2D eigenvalue weighted by Gasteiger charge is -2.10. The van der Waals surface area contributed by atoms with Gasteiger partial charge in [0.05, 0.1) is 75.8 Å². The summed E-state index contributed by atoms with van der Waals surface area (Å²) >= 11 is 27.8. The molecule has 5 aromatic carbocycles. The number of benzene rings is 5. The smallest absolute Gasteiger partial charge is 0.323 e. The van der Waals surface area contributed by atoms with E-state index in [2.05, 4.69) is 20.6 Å². The number of nitro groups is 2. The standard InChI is InChI=1S/C9H6ClFN2O2.C9H8ClFN2O.C8H8ClFN2O3.C8H10ClFN2O.C6H2ClF2NO2/c10-8-5(11)1-2-6-9(8)13(4-12-6)3-7(14)15;10-8-6(11)1-2-7-9(8)13(3-4-14)5-12-7;9-7-5(10)1-2-6(12(14)15)8(7)11-3-4-13;9-7-5(10)1-2-6(11)8(7)12-3-4-13;7-5-3(8)1-2-4(6(5)9)10(11)12/h1-2,4H,3H2,(H,14,15);1-2,5,14H,3-4H2;1-2,11,13H,3-4H2;1-2,12-13H,3-4,11H2;1-2H. The molecule has 0 aliphatic heterocycles. The van der Waals surface area contributed by atoms with Crippen molar-refractivity contribution in [2.45, 2.75) is 13.1 Å². The number of fused-ring (bicyclic) bond motifs is 2. The van der Waals surface area contributed by atoms with Gasteiger partial charge in [0.1, 0.15) is 66.4 Å². The molecule has 0 fully saturated rings. The predicted molar refractivity (Wildman–Crippen MR) is 247 cm³/mol. The van der Waals surface area contributed by atoms with Crippen LogP contribution >= 0.6 is 58.0 Å². The van der Waals surface area contributed by atoms with E-state index in [4.69, 9.17) is 84.2 Å². The molecule has 2 heterocycles. The summed E-state index contributed by atoms with van der Waals surface area (Å²) in [6.45, 7) is 0.0886. The van der Waals surface area contributed by atoms with Crippen LogP contribution in [-0.2, 0) is 17.9 Å². The van der Waals surface area contributed by atoms with E-state index in [0.29, 0.717) is 40.0 Å². The number of carboxylic acid groups (broad SMARTS) is 1. The first-order valence-electron chi connectivity index (χ1n) is 18.8. The van der Waals surface area contributed by atoms with E-state index in [1.54, 1.807) is 10.6 Å². The van der Waals surface area contributed by atoms with Crippen molar-refractivity contribution in [2.24, 2.45) is 0 Å². The highest BCUT2D eigenvalue weighted by Crippen LogP contribution is 2.34. The Hall–Kier alpha value is -6.38. The van der Waals surface area contributed by atoms with Gasteiger partial charge >= 0.3 is 11.7 Å². The highest BCUT2D eigenvalue weighted by molar-refractivity contribution is 6.36. The second-order valence-corrected chi connectivity index (χ2v) is 14.9. The number of imidazole rings is 2. The zero-order chi connectivity index (χ0) is 51.7. The molecule has 0 spiro atoms. The maximum atomic E-state index is 13.1. The van der Waals surface area contributed by atoms with E-state index < -0.39 is 61.4 Å². The normalized spacial score (nSPS) is 10.4. The van der Waals surface area contributed by atoms with Crippen LogP contribution in [0.15, 0.2) is 73.3 Å². The second kappa shape index (κ2) is 27.0. The molecular formula is C40H34Cl5F6N9O9. The largest absolute Gasteiger partial charge is 0.480 e. The average Bonchev–Trinajstić information content (AvgIpc) is 3.92. The number of halogens is 11. The molecule has 7 aromatic rings. The van der Waals surface area contributed by atoms with Gasteiger partial charge in [-0.1, -0.05) is 58.0 Å². The number of nitrogens with two attached hydrogens (primary N) is 1. The number of nitrogen functional groups attached to an aromatic ring is 1. The van der Waals surface area contributed by atoms with Crippen molar-refractivity contribution in [1.82, 2.24) is 19.1 Å². The van der Waals surface area contributed by atoms with E-state index in [1.165, 1.54) is 47.6 Å². The number of aliphatic hydroxyl groups is 3. The van der Waals surface area contributed by atoms with E-state index >= 15 is 0 Å². The molecule has 0 amide bonds. The van der Waals surface area contributed by atoms with E-state index in [0.717, 1.165) is 24.3 Å². The highest BCUT2D eigenvalue weighted by atomic mass is 35.5. The molecule has 0 unspecified atom stereocenters. The third-order valence-electron chi connectivity index (χ3n) is 8.42. The molecule has 7 rings (SSSR count). The molecule has 0 atom stereocenters. The maximum Gasteiger partial charge on any atom is 0.323 e. The second-order valence-electron chi connectivity index (χ2n) is 13.0. The Morgan fingerprint density at radius 3 is 1.48 bits per heavy atom. The minimum absolute atomic E-state index is 0.0295. The first-order chi connectivity index (χ1) is 32.6. The fourth-order valence-corrected chi connectivity index (χ4v) is 6.52. The van der Waals surface area contributed by atoms with Gasteiger partial charge in [-0.05, 0) is 48.5 Å². The Kier molecular flexibility index (Phi) is 22.3. The maximum absolute atomic E-state index is 13.1. The van der Waals surface area contributed by atoms with Crippen molar-refractivity contribution in [3.05, 3.63) is 154 Å². The molecule has 0 radical (unpaired) electrons. The summed E-state index contributed by atoms with van der Waals surface area (Å²) in [5.74, 6) is -5.73. The topological polar surface area (TPSA) is 270 Å². The zero-order valence-corrected chi connectivity index (χ0v) is 38.4. The number of aliphatic hydroxyl groups excluding tert-OH is 3. The number of rotatable bonds is 12. The fraction of sp³-hybridized carbons (Fsp3) is 0.175. The summed E-state index contributed by atoms with van der Waals surface area (Å²) in [5, 5.41) is 59.0. The Labute approximate surface area is 409 Å². The molecule has 18 nitrogen and oxygen atoms in total. The molecule has 0 saturated heterocycles. The minimum atomic E-state index is -1.35. The summed E-state index contributed by atoms with van der Waals surface area (Å²) in [7, 11) is 0. The number of hydrogen-bond acceptors (Lipinski definition) is 13. The van der Waals surface area contributed by atoms with Crippen molar-refractivity contribution in [3.8, 4) is 0 Å². The Balaban J connectivity index is 0.000000229. The molecule has 0 aliphatic rings. The number of aliphatic carboxylic acids is 1. The van der Waals surface area contributed by atoms with Gasteiger partial charge in [0.15, 0.2) is 0 Å². The third kappa shape index (κ3) is 15.3. The quantitative estimate of drug-likeness (QED) is 0.0197. The molecule has 0 aliphatic carbocycles. The molecule has 29 heteroatoms. The van der Waals surface area contributed by atoms with Crippen LogP contribution in [0.4, 0.5) is 54.8 Å². The summed E-state index contributed by atoms with van der Waals surface area (Å²) in [4.78, 5) is 37.5. The van der Waals surface area contributed by atoms with Gasteiger partial charge in [-0.25, -0.2) is 31.9 Å². The van der Waals surface area contributed by atoms with Crippen LogP contribution in [0.25, 0.3) is 22.1 Å². The molecule has 0 saturated carbocycles. The van der Waals surface area contributed by atoms with E-state index in [1.807, 2.05) is 0 Å². The van der Waals surface area contributed by atoms with Gasteiger partial charge in [0, 0.05) is 31.8 Å². The fourth-order valence-electron chi connectivity index (χ4n) is 5.36. The van der Waals surface area contributed by atoms with Crippen molar-refractivity contribution in [3.63, 3.8) is 0 Å². The van der Waals surface area contributed by atoms with Crippen molar-refractivity contribution < 1.29 is 61.4 Å². The summed E-state index contributed by atoms with van der Waals surface area (Å²) in [5.41, 5.74) is 6.89. The van der Waals surface area contributed by atoms with Crippen molar-refractivity contribution in [2.75, 3.05) is 49.3 Å². The van der Waals surface area contributed by atoms with Gasteiger partial charge in [-0.3, -0.25) is 25.0 Å². The Morgan fingerprint density at radius 1 is 0.594 bits per heavy atom. The third-order valence-corrected chi connectivity index (χ3v) is 10.2. The first kappa shape index (κ1) is 56.9. The van der Waals surface area contributed by atoms with Crippen LogP contribution in [0.1, 0.15) is 0 Å². The Bertz CT molecular complexity index is 2940. The predicted octanol–water partition coefficient (Wildman–Crippen LogP) is 9.52. The van der Waals surface area contributed by atoms with Crippen molar-refractivity contribution >= 4 is 114 Å². The molecule has 69 heavy (non-hydrogen) atoms. The molecule has 370 valence electrons. The number of carboxylic acids is 1. The van der Waals surface area contributed by atoms with E-state index in [-0.39, 0.29) is 70.9 Å². The van der Waals surface area contributed by atoms with Gasteiger partial charge < -0.3 is 45.9 Å². The monoisotopic (exact) mass is 1070 g/mol. The highest BCUT2D eigenvalue weighted by Gasteiger charge is 2.21. The van der Waals surface area contributed by atoms with Crippen LogP contribution in [-0.4, -0.2) is 88.3 Å². The number of nitro benzene ring substituents is 2. The minimum Gasteiger partial charge on any atom is -0.480 e. The SMILES string of the molecule is Nc1ccc(F)c(Cl)c1NCCO.O=C(O)Cn1cnc2ccc(F)c(Cl)c21.O=[N+]([O-])c1ccc(F)c(Cl)c1F.O=[N+]([O-])c1ccc(F)c(Cl)c1NCCO.OCCn1cnc2ccc(F)c(Cl)c21. The summed E-state index contributed by atoms with van der Waals surface area (Å²) in [6, 6.07) is 11.5. The van der Waals surface area contributed by atoms with Gasteiger partial charge in [-0.2, -0.15) is 4.39 Å². The van der Waals surface area contributed by atoms with Crippen molar-refractivity contribution in [1.29, 1.82) is 0 Å². The molecule has 0 bridgehead atoms. The van der Waals surface area contributed by atoms with Crippen LogP contribution < -0.4 is 16.4 Å². The van der Waals surface area contributed by atoms with Crippen LogP contribution in [0.5, 0.6) is 0 Å². The average molecular weight is 1080 g/mol. The lowest BCUT2D eigenvalue weighted by molar-refractivity contribution is -0.387. The van der Waals surface area contributed by atoms with Gasteiger partial charge in [0.2, 0.25) is 5.82 Å². The molecule has 2 aromatic heterocycles. The lowest BCUT2D eigenvalue weighted by atomic mass is 10.2. The Morgan fingerprint density at radius 2 is 1.00 bits per heavy atom. The van der Waals surface area contributed by atoms with Crippen LogP contribution in [0, 0.1) is 55.1 Å². The number of carbonyl (C=O) groups is 1.